The molecule has 84 valence electrons. The topological polar surface area (TPSA) is 74.8 Å². The summed E-state index contributed by atoms with van der Waals surface area (Å²) in [6.07, 6.45) is 4.64. The van der Waals surface area contributed by atoms with E-state index in [0.29, 0.717) is 19.5 Å². The van der Waals surface area contributed by atoms with E-state index in [-0.39, 0.29) is 11.8 Å². The first-order valence-electron chi connectivity index (χ1n) is 5.31. The van der Waals surface area contributed by atoms with Crippen molar-refractivity contribution in [1.29, 1.82) is 5.26 Å². The number of likely N-dealkylation sites (tertiary alicyclic amines) is 1. The van der Waals surface area contributed by atoms with Gasteiger partial charge in [-0.25, -0.2) is 0 Å². The molecule has 1 aliphatic rings. The molecule has 2 heterocycles. The van der Waals surface area contributed by atoms with Crippen molar-refractivity contribution in [2.45, 2.75) is 19.4 Å². The van der Waals surface area contributed by atoms with Gasteiger partial charge in [-0.05, 0) is 6.42 Å². The van der Waals surface area contributed by atoms with Crippen molar-refractivity contribution in [3.8, 4) is 6.07 Å². The second kappa shape index (κ2) is 4.75. The summed E-state index contributed by atoms with van der Waals surface area (Å²) < 4.78 is 1.74. The van der Waals surface area contributed by atoms with E-state index < -0.39 is 0 Å². The molecule has 0 bridgehead atoms. The van der Waals surface area contributed by atoms with E-state index in [1.54, 1.807) is 22.0 Å². The number of amides is 1. The molecule has 1 aliphatic heterocycles. The lowest BCUT2D eigenvalue weighted by Crippen LogP contribution is -2.27. The van der Waals surface area contributed by atoms with Gasteiger partial charge < -0.3 is 4.90 Å². The normalized spacial score (nSPS) is 20.1. The first-order valence-corrected chi connectivity index (χ1v) is 5.31. The summed E-state index contributed by atoms with van der Waals surface area (Å²) in [6, 6.07) is 2.14. The Labute approximate surface area is 93.5 Å². The highest BCUT2D eigenvalue weighted by atomic mass is 16.2. The molecule has 1 saturated heterocycles. The Bertz CT molecular complexity index is 394. The average Bonchev–Trinajstić information content (AvgIpc) is 2.89. The van der Waals surface area contributed by atoms with Gasteiger partial charge in [0.25, 0.3) is 0 Å². The molecule has 1 aromatic heterocycles. The van der Waals surface area contributed by atoms with Crippen LogP contribution in [0.15, 0.2) is 12.4 Å². The largest absolute Gasteiger partial charge is 0.341 e. The Morgan fingerprint density at radius 1 is 1.56 bits per heavy atom. The van der Waals surface area contributed by atoms with Gasteiger partial charge in [-0.2, -0.15) is 5.26 Å². The van der Waals surface area contributed by atoms with E-state index in [1.165, 1.54) is 0 Å². The van der Waals surface area contributed by atoms with Gasteiger partial charge in [-0.15, -0.1) is 5.10 Å². The van der Waals surface area contributed by atoms with Crippen LogP contribution in [0, 0.1) is 17.2 Å². The number of carbonyl (C=O) groups excluding carboxylic acids is 1. The molecule has 6 heteroatoms. The molecule has 0 spiro atoms. The number of hydrogen-bond acceptors (Lipinski definition) is 4. The van der Waals surface area contributed by atoms with E-state index in [9.17, 15) is 4.79 Å². The third-order valence-electron chi connectivity index (χ3n) is 2.68. The summed E-state index contributed by atoms with van der Waals surface area (Å²) in [6.45, 7) is 2.02. The third kappa shape index (κ3) is 2.37. The molecule has 2 rings (SSSR count). The monoisotopic (exact) mass is 219 g/mol. The van der Waals surface area contributed by atoms with Gasteiger partial charge in [-0.1, -0.05) is 5.21 Å². The molecule has 1 atom stereocenters. The van der Waals surface area contributed by atoms with Crippen molar-refractivity contribution in [1.82, 2.24) is 19.9 Å². The van der Waals surface area contributed by atoms with Crippen molar-refractivity contribution in [2.75, 3.05) is 13.1 Å². The zero-order valence-electron chi connectivity index (χ0n) is 8.91. The highest BCUT2D eigenvalue weighted by Crippen LogP contribution is 2.16. The summed E-state index contributed by atoms with van der Waals surface area (Å²) >= 11 is 0. The number of rotatable bonds is 4. The summed E-state index contributed by atoms with van der Waals surface area (Å²) in [4.78, 5) is 13.2. The fourth-order valence-electron chi connectivity index (χ4n) is 1.85. The van der Waals surface area contributed by atoms with E-state index in [1.807, 2.05) is 0 Å². The highest BCUT2D eigenvalue weighted by molar-refractivity contribution is 5.79. The predicted molar refractivity (Wildman–Crippen MR) is 54.9 cm³/mol. The standard InChI is InChI=1S/C10H13N5O/c11-7-9-6-10(16)14(8-9)3-1-4-15-5-2-12-13-15/h2,5,9H,1,3-4,6,8H2. The van der Waals surface area contributed by atoms with E-state index in [2.05, 4.69) is 16.4 Å². The van der Waals surface area contributed by atoms with Gasteiger partial charge in [0.15, 0.2) is 0 Å². The van der Waals surface area contributed by atoms with Crippen LogP contribution in [0.4, 0.5) is 0 Å². The van der Waals surface area contributed by atoms with Crippen molar-refractivity contribution in [3.05, 3.63) is 12.4 Å². The maximum atomic E-state index is 11.5. The summed E-state index contributed by atoms with van der Waals surface area (Å²) in [5.74, 6) is -0.0380. The highest BCUT2D eigenvalue weighted by Gasteiger charge is 2.28. The summed E-state index contributed by atoms with van der Waals surface area (Å²) in [5, 5.41) is 16.3. The number of nitriles is 1. The predicted octanol–water partition coefficient (Wildman–Crippen LogP) is 0.0403. The van der Waals surface area contributed by atoms with Crippen LogP contribution in [0.5, 0.6) is 0 Å². The molecular formula is C10H13N5O. The van der Waals surface area contributed by atoms with Crippen LogP contribution in [0.1, 0.15) is 12.8 Å². The van der Waals surface area contributed by atoms with Crippen molar-refractivity contribution >= 4 is 5.91 Å². The van der Waals surface area contributed by atoms with Crippen LogP contribution in [0.3, 0.4) is 0 Å². The molecule has 0 radical (unpaired) electrons. The molecule has 1 fully saturated rings. The second-order valence-electron chi connectivity index (χ2n) is 3.89. The molecule has 1 aromatic rings. The molecule has 6 nitrogen and oxygen atoms in total. The zero-order chi connectivity index (χ0) is 11.4. The molecule has 1 amide bonds. The quantitative estimate of drug-likeness (QED) is 0.716. The molecule has 0 aromatic carbocycles. The van der Waals surface area contributed by atoms with Crippen LogP contribution < -0.4 is 0 Å². The molecule has 0 saturated carbocycles. The van der Waals surface area contributed by atoms with Gasteiger partial charge in [-0.3, -0.25) is 9.48 Å². The van der Waals surface area contributed by atoms with Gasteiger partial charge in [0.1, 0.15) is 0 Å². The van der Waals surface area contributed by atoms with Crippen LogP contribution >= 0.6 is 0 Å². The lowest BCUT2D eigenvalue weighted by atomic mass is 10.1. The maximum Gasteiger partial charge on any atom is 0.224 e. The van der Waals surface area contributed by atoms with Crippen LogP contribution in [0.2, 0.25) is 0 Å². The minimum Gasteiger partial charge on any atom is -0.341 e. The second-order valence-corrected chi connectivity index (χ2v) is 3.89. The average molecular weight is 219 g/mol. The van der Waals surface area contributed by atoms with Gasteiger partial charge in [0.2, 0.25) is 5.91 Å². The third-order valence-corrected chi connectivity index (χ3v) is 2.68. The lowest BCUT2D eigenvalue weighted by Gasteiger charge is -2.14. The minimum absolute atomic E-state index is 0.0881. The number of aryl methyl sites for hydroxylation is 1. The SMILES string of the molecule is N#CC1CC(=O)N(CCCn2ccnn2)C1. The van der Waals surface area contributed by atoms with Crippen LogP contribution in [0.25, 0.3) is 0 Å². The Balaban J connectivity index is 1.75. The summed E-state index contributed by atoms with van der Waals surface area (Å²) in [7, 11) is 0. The molecule has 0 aliphatic carbocycles. The number of aromatic nitrogens is 3. The van der Waals surface area contributed by atoms with Crippen molar-refractivity contribution in [2.24, 2.45) is 5.92 Å². The first kappa shape index (κ1) is 10.6. The Kier molecular flexibility index (Phi) is 3.15. The summed E-state index contributed by atoms with van der Waals surface area (Å²) in [5.41, 5.74) is 0. The molecule has 0 N–H and O–H groups in total. The van der Waals surface area contributed by atoms with Crippen LogP contribution in [-0.2, 0) is 11.3 Å². The molecular weight excluding hydrogens is 206 g/mol. The lowest BCUT2D eigenvalue weighted by molar-refractivity contribution is -0.127. The van der Waals surface area contributed by atoms with E-state index in [0.717, 1.165) is 13.0 Å². The maximum absolute atomic E-state index is 11.5. The van der Waals surface area contributed by atoms with Crippen molar-refractivity contribution < 1.29 is 4.79 Å². The minimum atomic E-state index is -0.126. The Morgan fingerprint density at radius 3 is 3.06 bits per heavy atom. The van der Waals surface area contributed by atoms with E-state index >= 15 is 0 Å². The Morgan fingerprint density at radius 2 is 2.44 bits per heavy atom. The van der Waals surface area contributed by atoms with Gasteiger partial charge in [0.05, 0.1) is 18.2 Å². The fraction of sp³-hybridized carbons (Fsp3) is 0.600. The van der Waals surface area contributed by atoms with Gasteiger partial charge in [0, 0.05) is 32.3 Å². The number of hydrogen-bond donors (Lipinski definition) is 0. The Hall–Kier alpha value is -1.90. The number of carbonyl (C=O) groups is 1. The van der Waals surface area contributed by atoms with E-state index in [4.69, 9.17) is 5.26 Å². The zero-order valence-corrected chi connectivity index (χ0v) is 8.91. The van der Waals surface area contributed by atoms with Crippen molar-refractivity contribution in [3.63, 3.8) is 0 Å². The molecule has 1 unspecified atom stereocenters. The smallest absolute Gasteiger partial charge is 0.224 e. The van der Waals surface area contributed by atoms with Crippen LogP contribution in [-0.4, -0.2) is 38.9 Å². The molecule has 16 heavy (non-hydrogen) atoms. The first-order chi connectivity index (χ1) is 7.79. The number of nitrogens with zero attached hydrogens (tertiary/aromatic N) is 5. The van der Waals surface area contributed by atoms with Gasteiger partial charge >= 0.3 is 0 Å². The fourth-order valence-corrected chi connectivity index (χ4v) is 1.85.